The maximum atomic E-state index is 11.3. The van der Waals surface area contributed by atoms with E-state index in [2.05, 4.69) is 6.92 Å². The van der Waals surface area contributed by atoms with Crippen LogP contribution in [-0.2, 0) is 9.53 Å². The molecular weight excluding hydrogens is 188 g/mol. The Hall–Kier alpha value is -0.530. The maximum Gasteiger partial charge on any atom is 0.306 e. The third-order valence-electron chi connectivity index (χ3n) is 3.42. The molecule has 1 aliphatic rings. The molecule has 15 heavy (non-hydrogen) atoms. The standard InChI is InChI=1S/C13H24O2/c1-3-5-11-6-8-12(9-7-11)10-13(14)15-4-2/h11-12H,3-10H2,1-2H3/t11-,12-. The highest BCUT2D eigenvalue weighted by atomic mass is 16.5. The predicted molar refractivity (Wildman–Crippen MR) is 61.6 cm³/mol. The Morgan fingerprint density at radius 2 is 1.73 bits per heavy atom. The molecule has 0 spiro atoms. The van der Waals surface area contributed by atoms with Gasteiger partial charge in [0.2, 0.25) is 0 Å². The van der Waals surface area contributed by atoms with E-state index in [9.17, 15) is 4.79 Å². The summed E-state index contributed by atoms with van der Waals surface area (Å²) in [5, 5.41) is 0. The zero-order chi connectivity index (χ0) is 11.1. The van der Waals surface area contributed by atoms with Crippen molar-refractivity contribution < 1.29 is 9.53 Å². The largest absolute Gasteiger partial charge is 0.466 e. The number of carbonyl (C=O) groups excluding carboxylic acids is 1. The first kappa shape index (κ1) is 12.5. The van der Waals surface area contributed by atoms with Gasteiger partial charge in [0.05, 0.1) is 6.61 Å². The molecule has 88 valence electrons. The lowest BCUT2D eigenvalue weighted by Gasteiger charge is -2.27. The van der Waals surface area contributed by atoms with Crippen molar-refractivity contribution in [2.24, 2.45) is 11.8 Å². The molecule has 0 aromatic carbocycles. The number of ether oxygens (including phenoxy) is 1. The van der Waals surface area contributed by atoms with Crippen molar-refractivity contribution in [3.05, 3.63) is 0 Å². The SMILES string of the molecule is CCC[C@H]1CC[C@H](CC(=O)OCC)CC1. The van der Waals surface area contributed by atoms with Gasteiger partial charge in [0, 0.05) is 6.42 Å². The fourth-order valence-electron chi connectivity index (χ4n) is 2.59. The van der Waals surface area contributed by atoms with E-state index in [0.29, 0.717) is 18.9 Å². The molecule has 0 unspecified atom stereocenters. The molecule has 0 N–H and O–H groups in total. The van der Waals surface area contributed by atoms with Crippen molar-refractivity contribution in [1.29, 1.82) is 0 Å². The van der Waals surface area contributed by atoms with Gasteiger partial charge in [-0.05, 0) is 31.6 Å². The van der Waals surface area contributed by atoms with E-state index >= 15 is 0 Å². The van der Waals surface area contributed by atoms with E-state index in [1.165, 1.54) is 38.5 Å². The highest BCUT2D eigenvalue weighted by Gasteiger charge is 2.22. The Bertz CT molecular complexity index is 181. The lowest BCUT2D eigenvalue weighted by molar-refractivity contribution is -0.144. The average molecular weight is 212 g/mol. The molecule has 0 atom stereocenters. The zero-order valence-corrected chi connectivity index (χ0v) is 10.1. The van der Waals surface area contributed by atoms with Gasteiger partial charge in [-0.1, -0.05) is 32.6 Å². The molecule has 1 rings (SSSR count). The topological polar surface area (TPSA) is 26.3 Å². The van der Waals surface area contributed by atoms with Crippen LogP contribution in [0.15, 0.2) is 0 Å². The highest BCUT2D eigenvalue weighted by Crippen LogP contribution is 2.33. The highest BCUT2D eigenvalue weighted by molar-refractivity contribution is 5.69. The molecule has 1 fully saturated rings. The van der Waals surface area contributed by atoms with Gasteiger partial charge in [0.25, 0.3) is 0 Å². The second-order valence-electron chi connectivity index (χ2n) is 4.68. The molecule has 0 radical (unpaired) electrons. The Morgan fingerprint density at radius 3 is 2.27 bits per heavy atom. The molecule has 0 bridgehead atoms. The van der Waals surface area contributed by atoms with Crippen LogP contribution in [0.1, 0.15) is 58.8 Å². The number of hydrogen-bond donors (Lipinski definition) is 0. The van der Waals surface area contributed by atoms with E-state index in [-0.39, 0.29) is 5.97 Å². The van der Waals surface area contributed by atoms with Gasteiger partial charge in [-0.2, -0.15) is 0 Å². The number of esters is 1. The molecule has 0 saturated heterocycles. The maximum absolute atomic E-state index is 11.3. The molecule has 2 nitrogen and oxygen atoms in total. The Balaban J connectivity index is 2.16. The van der Waals surface area contributed by atoms with Crippen LogP contribution in [0.2, 0.25) is 0 Å². The van der Waals surface area contributed by atoms with Crippen LogP contribution in [0.4, 0.5) is 0 Å². The molecule has 2 heteroatoms. The van der Waals surface area contributed by atoms with Crippen LogP contribution in [0.25, 0.3) is 0 Å². The predicted octanol–water partition coefficient (Wildman–Crippen LogP) is 3.55. The summed E-state index contributed by atoms with van der Waals surface area (Å²) in [6.45, 7) is 4.64. The van der Waals surface area contributed by atoms with Crippen molar-refractivity contribution in [3.63, 3.8) is 0 Å². The number of carbonyl (C=O) groups is 1. The van der Waals surface area contributed by atoms with Gasteiger partial charge in [0.1, 0.15) is 0 Å². The van der Waals surface area contributed by atoms with Gasteiger partial charge in [-0.25, -0.2) is 0 Å². The molecular formula is C13H24O2. The van der Waals surface area contributed by atoms with Crippen LogP contribution in [0.3, 0.4) is 0 Å². The first-order valence-corrected chi connectivity index (χ1v) is 6.41. The second kappa shape index (κ2) is 6.86. The van der Waals surface area contributed by atoms with Gasteiger partial charge in [-0.3, -0.25) is 4.79 Å². The lowest BCUT2D eigenvalue weighted by atomic mass is 9.79. The summed E-state index contributed by atoms with van der Waals surface area (Å²) >= 11 is 0. The molecule has 0 aromatic rings. The summed E-state index contributed by atoms with van der Waals surface area (Å²) in [5.74, 6) is 1.52. The second-order valence-corrected chi connectivity index (χ2v) is 4.68. The lowest BCUT2D eigenvalue weighted by Crippen LogP contribution is -2.18. The van der Waals surface area contributed by atoms with Gasteiger partial charge in [0.15, 0.2) is 0 Å². The van der Waals surface area contributed by atoms with Crippen molar-refractivity contribution in [1.82, 2.24) is 0 Å². The Labute approximate surface area is 93.4 Å². The smallest absolute Gasteiger partial charge is 0.306 e. The van der Waals surface area contributed by atoms with Crippen LogP contribution in [0.5, 0.6) is 0 Å². The quantitative estimate of drug-likeness (QED) is 0.651. The van der Waals surface area contributed by atoms with Crippen LogP contribution in [0, 0.1) is 11.8 Å². The van der Waals surface area contributed by atoms with Crippen LogP contribution in [-0.4, -0.2) is 12.6 Å². The normalized spacial score (nSPS) is 26.3. The van der Waals surface area contributed by atoms with Gasteiger partial charge < -0.3 is 4.74 Å². The third kappa shape index (κ3) is 4.67. The third-order valence-corrected chi connectivity index (χ3v) is 3.42. The molecule has 1 aliphatic carbocycles. The van der Waals surface area contributed by atoms with E-state index in [1.807, 2.05) is 6.92 Å². The summed E-state index contributed by atoms with van der Waals surface area (Å²) in [7, 11) is 0. The minimum atomic E-state index is -0.00329. The fourth-order valence-corrected chi connectivity index (χ4v) is 2.59. The van der Waals surface area contributed by atoms with Crippen molar-refractivity contribution >= 4 is 5.97 Å². The van der Waals surface area contributed by atoms with E-state index < -0.39 is 0 Å². The molecule has 0 amide bonds. The molecule has 0 aliphatic heterocycles. The number of rotatable bonds is 5. The van der Waals surface area contributed by atoms with E-state index in [4.69, 9.17) is 4.74 Å². The first-order valence-electron chi connectivity index (χ1n) is 6.41. The van der Waals surface area contributed by atoms with E-state index in [1.54, 1.807) is 0 Å². The van der Waals surface area contributed by atoms with Crippen molar-refractivity contribution in [3.8, 4) is 0 Å². The summed E-state index contributed by atoms with van der Waals surface area (Å²) in [5.41, 5.74) is 0. The summed E-state index contributed by atoms with van der Waals surface area (Å²) in [6.07, 6.45) is 8.40. The van der Waals surface area contributed by atoms with Crippen molar-refractivity contribution in [2.75, 3.05) is 6.61 Å². The molecule has 1 saturated carbocycles. The summed E-state index contributed by atoms with van der Waals surface area (Å²) in [4.78, 5) is 11.3. The minimum Gasteiger partial charge on any atom is -0.466 e. The number of hydrogen-bond acceptors (Lipinski definition) is 2. The van der Waals surface area contributed by atoms with Crippen LogP contribution < -0.4 is 0 Å². The van der Waals surface area contributed by atoms with Gasteiger partial charge >= 0.3 is 5.97 Å². The zero-order valence-electron chi connectivity index (χ0n) is 10.1. The first-order chi connectivity index (χ1) is 7.26. The van der Waals surface area contributed by atoms with E-state index in [0.717, 1.165) is 5.92 Å². The van der Waals surface area contributed by atoms with Crippen molar-refractivity contribution in [2.45, 2.75) is 58.8 Å². The molecule has 0 aromatic heterocycles. The minimum absolute atomic E-state index is 0.00329. The Kier molecular flexibility index (Phi) is 5.74. The fraction of sp³-hybridized carbons (Fsp3) is 0.923. The van der Waals surface area contributed by atoms with Gasteiger partial charge in [-0.15, -0.1) is 0 Å². The summed E-state index contributed by atoms with van der Waals surface area (Å²) < 4.78 is 4.98. The molecule has 0 heterocycles. The average Bonchev–Trinajstić information content (AvgIpc) is 2.22. The monoisotopic (exact) mass is 212 g/mol. The summed E-state index contributed by atoms with van der Waals surface area (Å²) in [6, 6.07) is 0. The Morgan fingerprint density at radius 1 is 1.13 bits per heavy atom. The van der Waals surface area contributed by atoms with Crippen LogP contribution >= 0.6 is 0 Å².